The van der Waals surface area contributed by atoms with Crippen LogP contribution < -0.4 is 9.64 Å². The molecule has 0 bridgehead atoms. The van der Waals surface area contributed by atoms with Crippen LogP contribution in [0.3, 0.4) is 0 Å². The minimum absolute atomic E-state index is 0.0141. The fraction of sp³-hybridized carbons (Fsp3) is 0.333. The van der Waals surface area contributed by atoms with E-state index < -0.39 is 5.41 Å². The smallest absolute Gasteiger partial charge is 0.241 e. The number of hydrogen-bond donors (Lipinski definition) is 0. The van der Waals surface area contributed by atoms with Gasteiger partial charge in [0.15, 0.2) is 0 Å². The van der Waals surface area contributed by atoms with Gasteiger partial charge in [0.1, 0.15) is 5.75 Å². The van der Waals surface area contributed by atoms with E-state index in [4.69, 9.17) is 4.74 Å². The molecule has 3 aromatic rings. The van der Waals surface area contributed by atoms with Gasteiger partial charge in [0, 0.05) is 5.92 Å². The number of anilines is 1. The van der Waals surface area contributed by atoms with Crippen LogP contribution >= 0.6 is 0 Å². The molecule has 1 heterocycles. The number of hydrogen-bond acceptors (Lipinski definition) is 3. The Balaban J connectivity index is 0.000000274. The fourth-order valence-electron chi connectivity index (χ4n) is 4.85. The van der Waals surface area contributed by atoms with Gasteiger partial charge in [0.05, 0.1) is 24.1 Å². The van der Waals surface area contributed by atoms with Gasteiger partial charge in [-0.2, -0.15) is 0 Å². The molecule has 1 aliphatic heterocycles. The van der Waals surface area contributed by atoms with Gasteiger partial charge in [0.25, 0.3) is 0 Å². The molecule has 0 aromatic heterocycles. The highest BCUT2D eigenvalue weighted by Gasteiger charge is 2.76. The van der Waals surface area contributed by atoms with E-state index in [1.54, 1.807) is 7.11 Å². The van der Waals surface area contributed by atoms with Crippen molar-refractivity contribution in [3.8, 4) is 5.75 Å². The predicted molar refractivity (Wildman–Crippen MR) is 138 cm³/mol. The lowest BCUT2D eigenvalue weighted by atomic mass is 9.98. The number of piperidine rings is 1. The van der Waals surface area contributed by atoms with Crippen LogP contribution in [0.5, 0.6) is 5.75 Å². The standard InChI is InChI=1S/C21H21NO2.C7H8O.C2H6/c1-12-5-7-15(8-6-12)17-18-19(23)22(20(24)21(17,18)4)16-10-13(2)9-14(3)11-16;1-8-7-5-3-2-4-6-7;1-2/h5-11,17-18H,1-4H3;2-6H,1H3;1-2H3/t17-,18?,21+;;/m0../s1. The molecule has 0 N–H and O–H groups in total. The number of carbonyl (C=O) groups excluding carboxylic acids is 2. The van der Waals surface area contributed by atoms with E-state index in [-0.39, 0.29) is 23.7 Å². The Labute approximate surface area is 203 Å². The molecule has 34 heavy (non-hydrogen) atoms. The summed E-state index contributed by atoms with van der Waals surface area (Å²) >= 11 is 0. The summed E-state index contributed by atoms with van der Waals surface area (Å²) in [5, 5.41) is 0. The summed E-state index contributed by atoms with van der Waals surface area (Å²) in [6.45, 7) is 11.9. The van der Waals surface area contributed by atoms with Crippen molar-refractivity contribution < 1.29 is 14.3 Å². The molecule has 4 heteroatoms. The van der Waals surface area contributed by atoms with Gasteiger partial charge in [-0.05, 0) is 68.7 Å². The Hall–Kier alpha value is -3.40. The van der Waals surface area contributed by atoms with Crippen molar-refractivity contribution in [1.82, 2.24) is 0 Å². The van der Waals surface area contributed by atoms with E-state index in [2.05, 4.69) is 0 Å². The molecule has 5 rings (SSSR count). The Morgan fingerprint density at radius 3 is 1.76 bits per heavy atom. The molecular weight excluding hydrogens is 422 g/mol. The first kappa shape index (κ1) is 25.2. The Morgan fingerprint density at radius 1 is 0.765 bits per heavy atom. The highest BCUT2D eigenvalue weighted by molar-refractivity contribution is 6.27. The van der Waals surface area contributed by atoms with Crippen molar-refractivity contribution in [2.75, 3.05) is 12.0 Å². The number of nitrogens with zero attached hydrogens (tertiary/aromatic N) is 1. The topological polar surface area (TPSA) is 46.6 Å². The SMILES string of the molecule is CC.COc1ccccc1.Cc1ccc([C@H]2C3C(=O)N(c4cc(C)cc(C)c4)C(=O)[C@@]32C)cc1. The van der Waals surface area contributed by atoms with E-state index in [1.807, 2.05) is 114 Å². The molecule has 1 aliphatic carbocycles. The Morgan fingerprint density at radius 2 is 1.32 bits per heavy atom. The molecule has 4 nitrogen and oxygen atoms in total. The third-order valence-electron chi connectivity index (χ3n) is 6.55. The highest BCUT2D eigenvalue weighted by atomic mass is 16.5. The maximum absolute atomic E-state index is 13.1. The third kappa shape index (κ3) is 4.63. The van der Waals surface area contributed by atoms with Crippen LogP contribution in [0, 0.1) is 32.1 Å². The summed E-state index contributed by atoms with van der Waals surface area (Å²) in [4.78, 5) is 27.4. The molecule has 3 aromatic carbocycles. The van der Waals surface area contributed by atoms with Gasteiger partial charge in [-0.1, -0.05) is 67.9 Å². The van der Waals surface area contributed by atoms with Crippen molar-refractivity contribution in [1.29, 1.82) is 0 Å². The number of amides is 2. The maximum Gasteiger partial charge on any atom is 0.241 e. The zero-order valence-electron chi connectivity index (χ0n) is 21.3. The minimum Gasteiger partial charge on any atom is -0.497 e. The second-order valence-electron chi connectivity index (χ2n) is 8.99. The predicted octanol–water partition coefficient (Wildman–Crippen LogP) is 6.63. The summed E-state index contributed by atoms with van der Waals surface area (Å²) in [5.41, 5.74) is 4.51. The Bertz CT molecular complexity index is 1130. The molecule has 1 saturated carbocycles. The average Bonchev–Trinajstić information content (AvgIpc) is 3.42. The fourth-order valence-corrected chi connectivity index (χ4v) is 4.85. The normalized spacial score (nSPS) is 22.1. The number of fused-ring (bicyclic) bond motifs is 1. The molecule has 3 atom stereocenters. The molecule has 0 spiro atoms. The second-order valence-corrected chi connectivity index (χ2v) is 8.99. The average molecular weight is 458 g/mol. The van der Waals surface area contributed by atoms with Crippen LogP contribution in [-0.4, -0.2) is 18.9 Å². The van der Waals surface area contributed by atoms with Crippen molar-refractivity contribution in [2.24, 2.45) is 11.3 Å². The number of carbonyl (C=O) groups is 2. The van der Waals surface area contributed by atoms with Gasteiger partial charge in [-0.25, -0.2) is 4.90 Å². The lowest BCUT2D eigenvalue weighted by molar-refractivity contribution is -0.125. The van der Waals surface area contributed by atoms with Crippen LogP contribution in [-0.2, 0) is 9.59 Å². The first-order valence-electron chi connectivity index (χ1n) is 11.9. The van der Waals surface area contributed by atoms with Gasteiger partial charge >= 0.3 is 0 Å². The maximum atomic E-state index is 13.1. The second kappa shape index (κ2) is 10.3. The van der Waals surface area contributed by atoms with Crippen LogP contribution in [0.2, 0.25) is 0 Å². The molecule has 178 valence electrons. The monoisotopic (exact) mass is 457 g/mol. The third-order valence-corrected chi connectivity index (χ3v) is 6.55. The van der Waals surface area contributed by atoms with Crippen LogP contribution in [0.15, 0.2) is 72.8 Å². The van der Waals surface area contributed by atoms with Gasteiger partial charge in [-0.3, -0.25) is 9.59 Å². The number of rotatable bonds is 3. The molecule has 2 fully saturated rings. The number of aryl methyl sites for hydroxylation is 3. The van der Waals surface area contributed by atoms with Crippen molar-refractivity contribution in [2.45, 2.75) is 47.5 Å². The molecule has 2 amide bonds. The summed E-state index contributed by atoms with van der Waals surface area (Å²) in [5.74, 6) is 0.576. The minimum atomic E-state index is -0.593. The lowest BCUT2D eigenvalue weighted by Crippen LogP contribution is -2.36. The number of benzene rings is 3. The zero-order chi connectivity index (χ0) is 25.0. The van der Waals surface area contributed by atoms with Crippen LogP contribution in [0.1, 0.15) is 48.9 Å². The van der Waals surface area contributed by atoms with Crippen molar-refractivity contribution in [3.05, 3.63) is 95.1 Å². The van der Waals surface area contributed by atoms with Gasteiger partial charge in [0.2, 0.25) is 11.8 Å². The number of ether oxygens (including phenoxy) is 1. The molecule has 1 saturated heterocycles. The van der Waals surface area contributed by atoms with E-state index in [0.29, 0.717) is 5.69 Å². The van der Waals surface area contributed by atoms with Crippen LogP contribution in [0.4, 0.5) is 5.69 Å². The molecule has 2 aliphatic rings. The molecule has 0 radical (unpaired) electrons. The van der Waals surface area contributed by atoms with Crippen LogP contribution in [0.25, 0.3) is 0 Å². The summed E-state index contributed by atoms with van der Waals surface area (Å²) < 4.78 is 4.91. The van der Waals surface area contributed by atoms with E-state index in [0.717, 1.165) is 22.4 Å². The summed E-state index contributed by atoms with van der Waals surface area (Å²) in [6, 6.07) is 23.7. The quantitative estimate of drug-likeness (QED) is 0.415. The van der Waals surface area contributed by atoms with Crippen molar-refractivity contribution in [3.63, 3.8) is 0 Å². The number of imide groups is 1. The summed E-state index contributed by atoms with van der Waals surface area (Å²) in [6.07, 6.45) is 0. The lowest BCUT2D eigenvalue weighted by Gasteiger charge is -2.21. The first-order chi connectivity index (χ1) is 16.3. The van der Waals surface area contributed by atoms with Crippen molar-refractivity contribution >= 4 is 17.5 Å². The van der Waals surface area contributed by atoms with E-state index in [9.17, 15) is 9.59 Å². The molecular formula is C30H35NO3. The zero-order valence-corrected chi connectivity index (χ0v) is 21.3. The van der Waals surface area contributed by atoms with Gasteiger partial charge < -0.3 is 4.74 Å². The number of para-hydroxylation sites is 1. The highest BCUT2D eigenvalue weighted by Crippen LogP contribution is 2.69. The largest absolute Gasteiger partial charge is 0.497 e. The van der Waals surface area contributed by atoms with E-state index in [1.165, 1.54) is 10.5 Å². The Kier molecular flexibility index (Phi) is 7.61. The first-order valence-corrected chi connectivity index (χ1v) is 11.9. The molecule has 1 unspecified atom stereocenters. The van der Waals surface area contributed by atoms with E-state index >= 15 is 0 Å². The van der Waals surface area contributed by atoms with Gasteiger partial charge in [-0.15, -0.1) is 0 Å². The number of methoxy groups -OCH3 is 1. The summed E-state index contributed by atoms with van der Waals surface area (Å²) in [7, 11) is 1.66.